The van der Waals surface area contributed by atoms with Crippen molar-refractivity contribution in [3.8, 4) is 11.3 Å². The number of halogens is 3. The molecule has 5 rings (SSSR count). The molecule has 0 amide bonds. The van der Waals surface area contributed by atoms with Gasteiger partial charge in [0.1, 0.15) is 22.7 Å². The first-order chi connectivity index (χ1) is 16.7. The lowest BCUT2D eigenvalue weighted by molar-refractivity contribution is -0.141. The highest BCUT2D eigenvalue weighted by atomic mass is 19.4. The van der Waals surface area contributed by atoms with E-state index < -0.39 is 11.9 Å². The van der Waals surface area contributed by atoms with Gasteiger partial charge in [0.15, 0.2) is 5.65 Å². The summed E-state index contributed by atoms with van der Waals surface area (Å²) in [7, 11) is 0. The lowest BCUT2D eigenvalue weighted by atomic mass is 9.91. The van der Waals surface area contributed by atoms with Crippen molar-refractivity contribution in [1.29, 1.82) is 0 Å². The molecule has 5 heterocycles. The van der Waals surface area contributed by atoms with Crippen LogP contribution in [0.4, 0.5) is 13.2 Å². The van der Waals surface area contributed by atoms with Crippen LogP contribution in [-0.2, 0) is 10.9 Å². The Morgan fingerprint density at radius 1 is 0.943 bits per heavy atom. The lowest BCUT2D eigenvalue weighted by Crippen LogP contribution is -2.21. The van der Waals surface area contributed by atoms with Crippen LogP contribution in [-0.4, -0.2) is 36.5 Å². The number of ether oxygens (including phenoxy) is 1. The third kappa shape index (κ3) is 4.70. The fraction of sp³-hybridized carbons (Fsp3) is 0.360. The molecular weight excluding hydrogens is 457 g/mol. The SMILES string of the molecule is Cc1cc([C@@H]2C[C@@H](c3nc(-c4ccc(C(F)(F)F)nc4)c4nc(C)c(C)nc4n3)CCO2)ccn1. The van der Waals surface area contributed by atoms with Gasteiger partial charge < -0.3 is 4.74 Å². The number of nitrogens with zero attached hydrogens (tertiary/aromatic N) is 6. The molecule has 4 aromatic rings. The van der Waals surface area contributed by atoms with Crippen LogP contribution in [0.25, 0.3) is 22.4 Å². The molecule has 7 nitrogen and oxygen atoms in total. The van der Waals surface area contributed by atoms with Crippen LogP contribution in [0.5, 0.6) is 0 Å². The molecule has 4 aromatic heterocycles. The van der Waals surface area contributed by atoms with Gasteiger partial charge in [-0.2, -0.15) is 13.2 Å². The van der Waals surface area contributed by atoms with E-state index in [2.05, 4.69) is 19.9 Å². The first-order valence-corrected chi connectivity index (χ1v) is 11.3. The van der Waals surface area contributed by atoms with Crippen LogP contribution < -0.4 is 0 Å². The first-order valence-electron chi connectivity index (χ1n) is 11.3. The first kappa shape index (κ1) is 23.2. The van der Waals surface area contributed by atoms with E-state index in [1.807, 2.05) is 32.9 Å². The van der Waals surface area contributed by atoms with Crippen LogP contribution in [0.3, 0.4) is 0 Å². The molecular formula is C25H23F3N6O. The number of pyridine rings is 2. The minimum absolute atomic E-state index is 0.0174. The molecule has 0 saturated carbocycles. The summed E-state index contributed by atoms with van der Waals surface area (Å²) in [4.78, 5) is 26.6. The van der Waals surface area contributed by atoms with Gasteiger partial charge in [-0.15, -0.1) is 0 Å². The van der Waals surface area contributed by atoms with E-state index in [1.54, 1.807) is 6.20 Å². The van der Waals surface area contributed by atoms with Gasteiger partial charge in [-0.3, -0.25) is 9.97 Å². The van der Waals surface area contributed by atoms with Gasteiger partial charge in [-0.25, -0.2) is 19.9 Å². The van der Waals surface area contributed by atoms with Gasteiger partial charge in [0.05, 0.1) is 17.5 Å². The number of alkyl halides is 3. The Labute approximate surface area is 199 Å². The number of fused-ring (bicyclic) bond motifs is 1. The Morgan fingerprint density at radius 2 is 1.74 bits per heavy atom. The summed E-state index contributed by atoms with van der Waals surface area (Å²) < 4.78 is 45.2. The van der Waals surface area contributed by atoms with E-state index in [1.165, 1.54) is 12.3 Å². The summed E-state index contributed by atoms with van der Waals surface area (Å²) in [5, 5.41) is 0. The fourth-order valence-corrected chi connectivity index (χ4v) is 4.25. The Kier molecular flexibility index (Phi) is 5.92. The summed E-state index contributed by atoms with van der Waals surface area (Å²) in [5.41, 5.74) is 4.13. The second-order valence-electron chi connectivity index (χ2n) is 8.74. The number of aryl methyl sites for hydroxylation is 3. The van der Waals surface area contributed by atoms with E-state index in [0.29, 0.717) is 47.0 Å². The van der Waals surface area contributed by atoms with E-state index in [9.17, 15) is 13.2 Å². The Morgan fingerprint density at radius 3 is 2.46 bits per heavy atom. The van der Waals surface area contributed by atoms with Crippen LogP contribution in [0.2, 0.25) is 0 Å². The quantitative estimate of drug-likeness (QED) is 0.385. The van der Waals surface area contributed by atoms with E-state index in [0.717, 1.165) is 29.4 Å². The minimum atomic E-state index is -4.52. The maximum atomic E-state index is 13.1. The highest BCUT2D eigenvalue weighted by Crippen LogP contribution is 2.38. The summed E-state index contributed by atoms with van der Waals surface area (Å²) in [6.07, 6.45) is -0.324. The molecule has 1 fully saturated rings. The van der Waals surface area contributed by atoms with Crippen LogP contribution in [0.15, 0.2) is 36.7 Å². The van der Waals surface area contributed by atoms with Crippen molar-refractivity contribution < 1.29 is 17.9 Å². The number of hydrogen-bond donors (Lipinski definition) is 0. The third-order valence-electron chi connectivity index (χ3n) is 6.23. The number of hydrogen-bond acceptors (Lipinski definition) is 7. The molecule has 0 spiro atoms. The third-order valence-corrected chi connectivity index (χ3v) is 6.23. The van der Waals surface area contributed by atoms with E-state index in [4.69, 9.17) is 14.7 Å². The van der Waals surface area contributed by atoms with E-state index >= 15 is 0 Å². The van der Waals surface area contributed by atoms with Crippen molar-refractivity contribution in [3.05, 3.63) is 70.8 Å². The molecule has 0 unspecified atom stereocenters. The maximum Gasteiger partial charge on any atom is 0.433 e. The molecule has 180 valence electrons. The zero-order valence-corrected chi connectivity index (χ0v) is 19.5. The zero-order valence-electron chi connectivity index (χ0n) is 19.5. The average molecular weight is 480 g/mol. The van der Waals surface area contributed by atoms with Crippen molar-refractivity contribution >= 4 is 11.2 Å². The molecule has 2 atom stereocenters. The van der Waals surface area contributed by atoms with Crippen molar-refractivity contribution in [1.82, 2.24) is 29.9 Å². The predicted molar refractivity (Wildman–Crippen MR) is 122 cm³/mol. The monoisotopic (exact) mass is 480 g/mol. The zero-order chi connectivity index (χ0) is 24.7. The highest BCUT2D eigenvalue weighted by molar-refractivity contribution is 5.86. The topological polar surface area (TPSA) is 86.6 Å². The summed E-state index contributed by atoms with van der Waals surface area (Å²) in [6.45, 7) is 6.14. The van der Waals surface area contributed by atoms with Crippen molar-refractivity contribution in [2.75, 3.05) is 6.61 Å². The van der Waals surface area contributed by atoms with Crippen molar-refractivity contribution in [2.24, 2.45) is 0 Å². The smallest absolute Gasteiger partial charge is 0.373 e. The molecule has 35 heavy (non-hydrogen) atoms. The Bertz CT molecular complexity index is 1390. The normalized spacial score (nSPS) is 18.7. The fourth-order valence-electron chi connectivity index (χ4n) is 4.25. The molecule has 0 N–H and O–H groups in total. The second-order valence-corrected chi connectivity index (χ2v) is 8.74. The Balaban J connectivity index is 1.58. The van der Waals surface area contributed by atoms with Gasteiger partial charge in [-0.05, 0) is 63.4 Å². The molecule has 0 aliphatic carbocycles. The minimum Gasteiger partial charge on any atom is -0.373 e. The standard InChI is InChI=1S/C25H23F3N6O/c1-13-10-16(6-8-29-13)19-11-17(7-9-35-19)23-33-21(18-4-5-20(30-12-18)25(26,27)28)22-24(34-23)32-15(3)14(2)31-22/h4-6,8,10,12,17,19H,7,9,11H2,1-3H3/t17-,19-/m0/s1. The van der Waals surface area contributed by atoms with Gasteiger partial charge in [0.2, 0.25) is 0 Å². The molecule has 10 heteroatoms. The van der Waals surface area contributed by atoms with Crippen molar-refractivity contribution in [2.45, 2.75) is 51.8 Å². The Hall–Kier alpha value is -3.53. The summed E-state index contributed by atoms with van der Waals surface area (Å²) >= 11 is 0. The van der Waals surface area contributed by atoms with Gasteiger partial charge in [0.25, 0.3) is 0 Å². The predicted octanol–water partition coefficient (Wildman–Crippen LogP) is 5.46. The summed E-state index contributed by atoms with van der Waals surface area (Å²) in [6, 6.07) is 6.27. The molecule has 0 bridgehead atoms. The number of rotatable bonds is 3. The van der Waals surface area contributed by atoms with Crippen LogP contribution >= 0.6 is 0 Å². The summed E-state index contributed by atoms with van der Waals surface area (Å²) in [5.74, 6) is 0.556. The van der Waals surface area contributed by atoms with Gasteiger partial charge in [-0.1, -0.05) is 0 Å². The largest absolute Gasteiger partial charge is 0.433 e. The van der Waals surface area contributed by atoms with E-state index in [-0.39, 0.29) is 12.0 Å². The molecule has 0 aromatic carbocycles. The molecule has 0 radical (unpaired) electrons. The number of aromatic nitrogens is 6. The highest BCUT2D eigenvalue weighted by Gasteiger charge is 2.32. The van der Waals surface area contributed by atoms with Crippen molar-refractivity contribution in [3.63, 3.8) is 0 Å². The molecule has 1 saturated heterocycles. The van der Waals surface area contributed by atoms with Gasteiger partial charge in [0, 0.05) is 36.2 Å². The molecule has 1 aliphatic rings. The average Bonchev–Trinajstić information content (AvgIpc) is 2.84. The molecule has 1 aliphatic heterocycles. The van der Waals surface area contributed by atoms with Gasteiger partial charge >= 0.3 is 6.18 Å². The maximum absolute atomic E-state index is 13.1. The second kappa shape index (κ2) is 8.92. The van der Waals surface area contributed by atoms with Crippen LogP contribution in [0, 0.1) is 20.8 Å². The lowest BCUT2D eigenvalue weighted by Gasteiger charge is -2.29. The van der Waals surface area contributed by atoms with Crippen LogP contribution in [0.1, 0.15) is 59.0 Å².